The third-order valence-electron chi connectivity index (χ3n) is 3.83. The summed E-state index contributed by atoms with van der Waals surface area (Å²) in [5.74, 6) is -0.746. The molecule has 1 heterocycles. The summed E-state index contributed by atoms with van der Waals surface area (Å²) in [7, 11) is 0. The fraction of sp³-hybridized carbons (Fsp3) is 0.158. The molecule has 3 rings (SSSR count). The van der Waals surface area contributed by atoms with E-state index >= 15 is 0 Å². The van der Waals surface area contributed by atoms with Crippen molar-refractivity contribution in [3.63, 3.8) is 0 Å². The van der Waals surface area contributed by atoms with Crippen LogP contribution in [0.25, 0.3) is 5.57 Å². The van der Waals surface area contributed by atoms with Gasteiger partial charge in [0.1, 0.15) is 5.57 Å². The molecular weight excluding hydrogens is 292 g/mol. The van der Waals surface area contributed by atoms with E-state index in [9.17, 15) is 14.7 Å². The van der Waals surface area contributed by atoms with Crippen molar-refractivity contribution < 1.29 is 19.4 Å². The fourth-order valence-electron chi connectivity index (χ4n) is 2.53. The van der Waals surface area contributed by atoms with E-state index in [1.807, 2.05) is 6.07 Å². The number of aliphatic hydroxyl groups excluding tert-OH is 1. The standard InChI is InChI=1S/C19H16O4/c1-19(2)17(21)15(18(22)23-19)12-8-10-14(11-9-12)16(20)13-6-4-3-5-7-13/h3-11,21H,1-2H3. The van der Waals surface area contributed by atoms with Crippen molar-refractivity contribution in [2.75, 3.05) is 0 Å². The molecule has 23 heavy (non-hydrogen) atoms. The molecule has 0 saturated carbocycles. The number of carbonyl (C=O) groups is 2. The Morgan fingerprint density at radius 2 is 1.52 bits per heavy atom. The van der Waals surface area contributed by atoms with Crippen LogP contribution >= 0.6 is 0 Å². The lowest BCUT2D eigenvalue weighted by Gasteiger charge is -2.16. The molecular formula is C19H16O4. The van der Waals surface area contributed by atoms with Crippen molar-refractivity contribution in [3.8, 4) is 0 Å². The van der Waals surface area contributed by atoms with E-state index in [4.69, 9.17) is 4.74 Å². The highest BCUT2D eigenvalue weighted by atomic mass is 16.6. The number of ketones is 1. The molecule has 1 aliphatic rings. The normalized spacial score (nSPS) is 16.3. The van der Waals surface area contributed by atoms with Crippen molar-refractivity contribution >= 4 is 17.3 Å². The molecule has 0 unspecified atom stereocenters. The first kappa shape index (κ1) is 15.0. The van der Waals surface area contributed by atoms with Gasteiger partial charge in [-0.25, -0.2) is 4.79 Å². The van der Waals surface area contributed by atoms with Crippen LogP contribution in [0, 0.1) is 0 Å². The quantitative estimate of drug-likeness (QED) is 0.696. The molecule has 0 amide bonds. The van der Waals surface area contributed by atoms with Crippen LogP contribution in [0.5, 0.6) is 0 Å². The molecule has 1 N–H and O–H groups in total. The zero-order chi connectivity index (χ0) is 16.6. The number of ether oxygens (including phenoxy) is 1. The molecule has 0 saturated heterocycles. The molecule has 0 radical (unpaired) electrons. The minimum Gasteiger partial charge on any atom is -0.507 e. The average Bonchev–Trinajstić information content (AvgIpc) is 2.75. The molecule has 0 aliphatic carbocycles. The first-order valence-electron chi connectivity index (χ1n) is 7.27. The van der Waals surface area contributed by atoms with Crippen LogP contribution in [0.3, 0.4) is 0 Å². The van der Waals surface area contributed by atoms with E-state index in [2.05, 4.69) is 0 Å². The Balaban J connectivity index is 1.93. The van der Waals surface area contributed by atoms with E-state index in [-0.39, 0.29) is 17.1 Å². The van der Waals surface area contributed by atoms with Crippen molar-refractivity contribution in [2.45, 2.75) is 19.4 Å². The number of hydrogen-bond donors (Lipinski definition) is 1. The number of benzene rings is 2. The van der Waals surface area contributed by atoms with Crippen LogP contribution in [-0.4, -0.2) is 22.5 Å². The van der Waals surface area contributed by atoms with Gasteiger partial charge in [-0.15, -0.1) is 0 Å². The molecule has 0 spiro atoms. The summed E-state index contributed by atoms with van der Waals surface area (Å²) in [6, 6.07) is 15.5. The van der Waals surface area contributed by atoms with E-state index in [1.54, 1.807) is 62.4 Å². The molecule has 1 aliphatic heterocycles. The van der Waals surface area contributed by atoms with Crippen molar-refractivity contribution in [1.82, 2.24) is 0 Å². The minimum absolute atomic E-state index is 0.0929. The second-order valence-corrected chi connectivity index (χ2v) is 5.90. The maximum Gasteiger partial charge on any atom is 0.343 e. The number of cyclic esters (lactones) is 1. The lowest BCUT2D eigenvalue weighted by Crippen LogP contribution is -2.22. The van der Waals surface area contributed by atoms with Crippen LogP contribution < -0.4 is 0 Å². The Kier molecular flexibility index (Phi) is 3.52. The van der Waals surface area contributed by atoms with E-state index in [0.717, 1.165) is 0 Å². The van der Waals surface area contributed by atoms with Crippen LogP contribution in [0.1, 0.15) is 35.3 Å². The predicted octanol–water partition coefficient (Wildman–Crippen LogP) is 3.52. The van der Waals surface area contributed by atoms with Crippen molar-refractivity contribution in [1.29, 1.82) is 0 Å². The topological polar surface area (TPSA) is 63.6 Å². The van der Waals surface area contributed by atoms with Gasteiger partial charge in [0.05, 0.1) is 0 Å². The zero-order valence-electron chi connectivity index (χ0n) is 12.9. The highest BCUT2D eigenvalue weighted by Crippen LogP contribution is 2.35. The molecule has 4 heteroatoms. The summed E-state index contributed by atoms with van der Waals surface area (Å²) in [5, 5.41) is 10.2. The number of esters is 1. The highest BCUT2D eigenvalue weighted by Gasteiger charge is 2.41. The van der Waals surface area contributed by atoms with Crippen molar-refractivity contribution in [3.05, 3.63) is 77.0 Å². The smallest absolute Gasteiger partial charge is 0.343 e. The molecule has 0 atom stereocenters. The second-order valence-electron chi connectivity index (χ2n) is 5.90. The summed E-state index contributed by atoms with van der Waals surface area (Å²) >= 11 is 0. The Labute approximate surface area is 134 Å². The van der Waals surface area contributed by atoms with Gasteiger partial charge in [-0.3, -0.25) is 4.79 Å². The number of carbonyl (C=O) groups excluding carboxylic acids is 2. The van der Waals surface area contributed by atoms with Gasteiger partial charge < -0.3 is 9.84 Å². The van der Waals surface area contributed by atoms with Crippen LogP contribution in [0.4, 0.5) is 0 Å². The number of rotatable bonds is 3. The van der Waals surface area contributed by atoms with Gasteiger partial charge in [0.2, 0.25) is 0 Å². The van der Waals surface area contributed by atoms with Gasteiger partial charge >= 0.3 is 5.97 Å². The minimum atomic E-state index is -1.02. The van der Waals surface area contributed by atoms with E-state index in [0.29, 0.717) is 16.7 Å². The average molecular weight is 308 g/mol. The van der Waals surface area contributed by atoms with Crippen LogP contribution in [-0.2, 0) is 9.53 Å². The largest absolute Gasteiger partial charge is 0.507 e. The van der Waals surface area contributed by atoms with Crippen LogP contribution in [0.15, 0.2) is 60.4 Å². The summed E-state index contributed by atoms with van der Waals surface area (Å²) in [4.78, 5) is 24.3. The van der Waals surface area contributed by atoms with E-state index < -0.39 is 11.6 Å². The number of hydrogen-bond acceptors (Lipinski definition) is 4. The van der Waals surface area contributed by atoms with Gasteiger partial charge in [0.15, 0.2) is 17.1 Å². The Hall–Kier alpha value is -2.88. The van der Waals surface area contributed by atoms with E-state index in [1.165, 1.54) is 0 Å². The number of aliphatic hydroxyl groups is 1. The van der Waals surface area contributed by atoms with Gasteiger partial charge in [-0.05, 0) is 19.4 Å². The summed E-state index contributed by atoms with van der Waals surface area (Å²) in [6.45, 7) is 3.25. The molecule has 0 fully saturated rings. The van der Waals surface area contributed by atoms with Gasteiger partial charge in [-0.2, -0.15) is 0 Å². The summed E-state index contributed by atoms with van der Waals surface area (Å²) in [6.07, 6.45) is 0. The lowest BCUT2D eigenvalue weighted by molar-refractivity contribution is -0.143. The second kappa shape index (κ2) is 5.39. The molecule has 2 aromatic carbocycles. The summed E-state index contributed by atoms with van der Waals surface area (Å²) in [5.41, 5.74) is 0.774. The molecule has 116 valence electrons. The van der Waals surface area contributed by atoms with Crippen LogP contribution in [0.2, 0.25) is 0 Å². The predicted molar refractivity (Wildman–Crippen MR) is 86.0 cm³/mol. The lowest BCUT2D eigenvalue weighted by atomic mass is 9.97. The first-order valence-corrected chi connectivity index (χ1v) is 7.27. The molecule has 0 aromatic heterocycles. The zero-order valence-corrected chi connectivity index (χ0v) is 12.9. The third-order valence-corrected chi connectivity index (χ3v) is 3.83. The first-order chi connectivity index (χ1) is 10.9. The molecule has 4 nitrogen and oxygen atoms in total. The highest BCUT2D eigenvalue weighted by molar-refractivity contribution is 6.19. The maximum absolute atomic E-state index is 12.4. The molecule has 0 bridgehead atoms. The monoisotopic (exact) mass is 308 g/mol. The van der Waals surface area contributed by atoms with Gasteiger partial charge in [-0.1, -0.05) is 54.6 Å². The maximum atomic E-state index is 12.4. The van der Waals surface area contributed by atoms with Crippen molar-refractivity contribution in [2.24, 2.45) is 0 Å². The fourth-order valence-corrected chi connectivity index (χ4v) is 2.53. The Morgan fingerprint density at radius 3 is 2.04 bits per heavy atom. The van der Waals surface area contributed by atoms with Gasteiger partial charge in [0, 0.05) is 11.1 Å². The van der Waals surface area contributed by atoms with Gasteiger partial charge in [0.25, 0.3) is 0 Å². The Morgan fingerprint density at radius 1 is 0.957 bits per heavy atom. The third kappa shape index (κ3) is 2.63. The summed E-state index contributed by atoms with van der Waals surface area (Å²) < 4.78 is 5.15. The SMILES string of the molecule is CC1(C)OC(=O)C(c2ccc(C(=O)c3ccccc3)cc2)=C1O. The molecule has 2 aromatic rings. The Bertz CT molecular complexity index is 799.